The molecule has 0 radical (unpaired) electrons. The zero-order chi connectivity index (χ0) is 5.21. The summed E-state index contributed by atoms with van der Waals surface area (Å²) in [7, 11) is -5.33. The molecule has 7 heteroatoms. The van der Waals surface area contributed by atoms with E-state index in [0.29, 0.717) is 0 Å². The van der Waals surface area contributed by atoms with Gasteiger partial charge in [0.15, 0.2) is 0 Å². The van der Waals surface area contributed by atoms with Gasteiger partial charge >= 0.3 is 10.5 Å². The topological polar surface area (TPSA) is 79.9 Å². The van der Waals surface area contributed by atoms with Gasteiger partial charge in [-0.25, -0.2) is 0 Å². The highest BCUT2D eigenvalue weighted by Crippen LogP contribution is 1.90. The fraction of sp³-hybridized carbons (Fsp3) is 0. The first-order valence-electron chi connectivity index (χ1n) is 0.809. The zero-order valence-corrected chi connectivity index (χ0v) is 4.21. The van der Waals surface area contributed by atoms with Crippen LogP contribution in [0.15, 0.2) is 0 Å². The van der Waals surface area contributed by atoms with E-state index in [1.54, 1.807) is 4.39 Å². The fourth-order valence-electron chi connectivity index (χ4n) is 0. The molecule has 46 valence electrons. The SMILES string of the molecule is O=S(=O)(F)OF.[NH4+]. The molecule has 0 saturated carbocycles. The second-order valence-electron chi connectivity index (χ2n) is 0.456. The van der Waals surface area contributed by atoms with E-state index in [1.807, 2.05) is 0 Å². The summed E-state index contributed by atoms with van der Waals surface area (Å²) in [5, 5.41) is 0. The van der Waals surface area contributed by atoms with Crippen molar-refractivity contribution in [3.63, 3.8) is 0 Å². The third kappa shape index (κ3) is 10.7. The summed E-state index contributed by atoms with van der Waals surface area (Å²) in [6.07, 6.45) is 0. The zero-order valence-electron chi connectivity index (χ0n) is 3.39. The lowest BCUT2D eigenvalue weighted by Gasteiger charge is -1.71. The number of rotatable bonds is 1. The van der Waals surface area contributed by atoms with Crippen LogP contribution in [0.3, 0.4) is 0 Å². The maximum Gasteiger partial charge on any atom is 0.468 e. The van der Waals surface area contributed by atoms with Crippen molar-refractivity contribution < 1.29 is 21.2 Å². The highest BCUT2D eigenvalue weighted by Gasteiger charge is 2.03. The van der Waals surface area contributed by atoms with Gasteiger partial charge in [-0.05, 0) is 8.91 Å². The van der Waals surface area contributed by atoms with Crippen LogP contribution in [0.5, 0.6) is 0 Å². The predicted octanol–water partition coefficient (Wildman–Crippen LogP) is 0.478. The third-order valence-electron chi connectivity index (χ3n) is 0.0752. The van der Waals surface area contributed by atoms with Gasteiger partial charge < -0.3 is 6.15 Å². The molecule has 7 heavy (non-hydrogen) atoms. The molecule has 0 rings (SSSR count). The van der Waals surface area contributed by atoms with Crippen molar-refractivity contribution >= 4 is 10.5 Å². The fourth-order valence-corrected chi connectivity index (χ4v) is 0. The van der Waals surface area contributed by atoms with Gasteiger partial charge in [-0.15, -0.1) is 0 Å². The maximum atomic E-state index is 10.5. The van der Waals surface area contributed by atoms with Gasteiger partial charge in [0.1, 0.15) is 0 Å². The van der Waals surface area contributed by atoms with E-state index in [4.69, 9.17) is 8.42 Å². The molecule has 0 amide bonds. The summed E-state index contributed by atoms with van der Waals surface area (Å²) in [6, 6.07) is 0. The Morgan fingerprint density at radius 1 is 1.43 bits per heavy atom. The van der Waals surface area contributed by atoms with Crippen LogP contribution in [0, 0.1) is 0 Å². The summed E-state index contributed by atoms with van der Waals surface area (Å²) in [5.74, 6) is 0. The Hall–Kier alpha value is -0.270. The van der Waals surface area contributed by atoms with Crippen LogP contribution < -0.4 is 6.15 Å². The largest absolute Gasteiger partial charge is 0.468 e. The van der Waals surface area contributed by atoms with E-state index in [2.05, 4.69) is 0 Å². The molecule has 4 nitrogen and oxygen atoms in total. The van der Waals surface area contributed by atoms with Crippen LogP contribution in [0.1, 0.15) is 0 Å². The minimum Gasteiger partial charge on any atom is -0.369 e. The van der Waals surface area contributed by atoms with Gasteiger partial charge in [0.2, 0.25) is 0 Å². The lowest BCUT2D eigenvalue weighted by molar-refractivity contribution is -0.00520. The first-order chi connectivity index (χ1) is 2.56. The molecule has 0 spiro atoms. The molecule has 0 aliphatic rings. The maximum absolute atomic E-state index is 10.5. The van der Waals surface area contributed by atoms with E-state index in [9.17, 15) is 8.41 Å². The van der Waals surface area contributed by atoms with E-state index < -0.39 is 10.5 Å². The Labute approximate surface area is 39.0 Å². The molecule has 0 aromatic carbocycles. The van der Waals surface area contributed by atoms with E-state index in [0.717, 1.165) is 0 Å². The Balaban J connectivity index is 0. The molecule has 0 fully saturated rings. The molecule has 0 saturated heterocycles. The summed E-state index contributed by atoms with van der Waals surface area (Å²) in [6.45, 7) is 0. The van der Waals surface area contributed by atoms with Gasteiger partial charge in [-0.2, -0.15) is 8.42 Å². The first kappa shape index (κ1) is 9.88. The Kier molecular flexibility index (Phi) is 3.99. The van der Waals surface area contributed by atoms with Crippen LogP contribution in [-0.4, -0.2) is 8.42 Å². The highest BCUT2D eigenvalue weighted by molar-refractivity contribution is 7.81. The summed E-state index contributed by atoms with van der Waals surface area (Å²) >= 11 is 0. The monoisotopic (exact) mass is 136 g/mol. The number of quaternary nitrogens is 1. The minimum absolute atomic E-state index is 0. The molecular weight excluding hydrogens is 132 g/mol. The Morgan fingerprint density at radius 3 is 1.57 bits per heavy atom. The number of hydrogen-bond donors (Lipinski definition) is 1. The van der Waals surface area contributed by atoms with E-state index in [-0.39, 0.29) is 6.15 Å². The average Bonchev–Trinajstić information content (AvgIpc) is 1.35. The summed E-state index contributed by atoms with van der Waals surface area (Å²) in [5.41, 5.74) is 0. The molecule has 0 atom stereocenters. The molecule has 4 N–H and O–H groups in total. The lowest BCUT2D eigenvalue weighted by Crippen LogP contribution is -1.85. The quantitative estimate of drug-likeness (QED) is 0.532. The van der Waals surface area contributed by atoms with Gasteiger partial charge in [0, 0.05) is 0 Å². The van der Waals surface area contributed by atoms with Crippen LogP contribution in [0.25, 0.3) is 0 Å². The van der Waals surface area contributed by atoms with Crippen molar-refractivity contribution in [3.05, 3.63) is 0 Å². The van der Waals surface area contributed by atoms with Gasteiger partial charge in [0.05, 0.1) is 0 Å². The van der Waals surface area contributed by atoms with E-state index in [1.165, 1.54) is 0 Å². The molecule has 0 aromatic heterocycles. The van der Waals surface area contributed by atoms with Crippen LogP contribution in [0.4, 0.5) is 8.41 Å². The van der Waals surface area contributed by atoms with Gasteiger partial charge in [-0.1, -0.05) is 3.89 Å². The average molecular weight is 136 g/mol. The minimum atomic E-state index is -5.33. The normalized spacial score (nSPS) is 10.0. The molecule has 0 aliphatic heterocycles. The molecule has 0 aliphatic carbocycles. The van der Waals surface area contributed by atoms with Crippen molar-refractivity contribution in [2.75, 3.05) is 0 Å². The standard InChI is InChI=1S/F2O3S.H3N/c1-5-6(2,3)4;/h;1H3/p+1. The summed E-state index contributed by atoms with van der Waals surface area (Å²) in [4.78, 5) is 0. The molecule has 0 aromatic rings. The Bertz CT molecular complexity index is 115. The van der Waals surface area contributed by atoms with Gasteiger partial charge in [0.25, 0.3) is 0 Å². The van der Waals surface area contributed by atoms with Crippen molar-refractivity contribution in [2.24, 2.45) is 0 Å². The van der Waals surface area contributed by atoms with Crippen LogP contribution in [-0.2, 0) is 14.9 Å². The highest BCUT2D eigenvalue weighted by atomic mass is 32.3. The summed E-state index contributed by atoms with van der Waals surface area (Å²) < 4.78 is 39.7. The van der Waals surface area contributed by atoms with Crippen molar-refractivity contribution in [3.8, 4) is 0 Å². The van der Waals surface area contributed by atoms with E-state index >= 15 is 0 Å². The van der Waals surface area contributed by atoms with Crippen molar-refractivity contribution in [2.45, 2.75) is 0 Å². The van der Waals surface area contributed by atoms with Crippen LogP contribution >= 0.6 is 0 Å². The first-order valence-corrected chi connectivity index (χ1v) is 2.12. The number of halogens is 2. The van der Waals surface area contributed by atoms with Crippen LogP contribution in [0.2, 0.25) is 0 Å². The lowest BCUT2D eigenvalue weighted by atomic mass is 14.0. The Morgan fingerprint density at radius 2 is 1.57 bits per heavy atom. The smallest absolute Gasteiger partial charge is 0.369 e. The van der Waals surface area contributed by atoms with Gasteiger partial charge in [-0.3, -0.25) is 0 Å². The second-order valence-corrected chi connectivity index (χ2v) is 1.37. The predicted molar refractivity (Wildman–Crippen MR) is 18.2 cm³/mol. The molecular formula is H4F2NO3S+. The molecule has 0 bridgehead atoms. The van der Waals surface area contributed by atoms with Crippen molar-refractivity contribution in [1.82, 2.24) is 6.15 Å². The third-order valence-corrected chi connectivity index (χ3v) is 0.226. The van der Waals surface area contributed by atoms with Crippen molar-refractivity contribution in [1.29, 1.82) is 0 Å². The number of hydrogen-bond acceptors (Lipinski definition) is 3. The molecule has 0 heterocycles. The molecule has 0 unspecified atom stereocenters. The second kappa shape index (κ2) is 2.83.